The molecule has 0 saturated heterocycles. The number of nitrogens with zero attached hydrogens (tertiary/aromatic N) is 2. The Kier molecular flexibility index (Phi) is 16.6. The molecule has 3 aromatic carbocycles. The molecular formula is C52H67N3O10. The van der Waals surface area contributed by atoms with E-state index in [0.717, 1.165) is 67.4 Å². The van der Waals surface area contributed by atoms with Crippen molar-refractivity contribution in [2.45, 2.75) is 108 Å². The van der Waals surface area contributed by atoms with Crippen molar-refractivity contribution >= 4 is 23.4 Å². The Balaban J connectivity index is 1.34. The molecule has 2 fully saturated rings. The molecule has 1 aliphatic heterocycles. The Labute approximate surface area is 383 Å². The Morgan fingerprint density at radius 3 is 2.42 bits per heavy atom. The quantitative estimate of drug-likeness (QED) is 0.0504. The molecule has 13 heteroatoms. The van der Waals surface area contributed by atoms with Gasteiger partial charge >= 0.3 is 6.09 Å². The largest absolute Gasteiger partial charge is 0.497 e. The van der Waals surface area contributed by atoms with E-state index in [0.29, 0.717) is 60.3 Å². The van der Waals surface area contributed by atoms with E-state index < -0.39 is 23.8 Å². The van der Waals surface area contributed by atoms with Gasteiger partial charge in [0.15, 0.2) is 0 Å². The molecule has 2 amide bonds. The SMILES string of the molecule is C=CCOC12Oc3ccc(OC(=O)Nc4ccc(OC)cc4OC)cc3C3C(CCCCO)C(CCCCO)C=C(C(=NOCc4ccccc4)CC1N(C)C(=O)CCC1CCCC1)C32. The lowest BCUT2D eigenvalue weighted by Crippen LogP contribution is -2.69. The van der Waals surface area contributed by atoms with Crippen LogP contribution in [-0.4, -0.2) is 85.7 Å². The number of methoxy groups -OCH3 is 2. The molecule has 350 valence electrons. The van der Waals surface area contributed by atoms with Crippen molar-refractivity contribution in [3.05, 3.63) is 102 Å². The molecule has 3 aliphatic carbocycles. The maximum Gasteiger partial charge on any atom is 0.417 e. The van der Waals surface area contributed by atoms with Gasteiger partial charge in [0.05, 0.1) is 38.1 Å². The molecule has 6 unspecified atom stereocenters. The monoisotopic (exact) mass is 893 g/mol. The van der Waals surface area contributed by atoms with Crippen LogP contribution >= 0.6 is 0 Å². The van der Waals surface area contributed by atoms with Gasteiger partial charge in [-0.05, 0) is 91.3 Å². The fourth-order valence-corrected chi connectivity index (χ4v) is 10.7. The zero-order valence-corrected chi connectivity index (χ0v) is 38.3. The van der Waals surface area contributed by atoms with Gasteiger partial charge in [-0.25, -0.2) is 4.79 Å². The molecule has 0 radical (unpaired) electrons. The highest BCUT2D eigenvalue weighted by atomic mass is 16.7. The topological polar surface area (TPSA) is 158 Å². The van der Waals surface area contributed by atoms with Crippen molar-refractivity contribution in [1.29, 1.82) is 0 Å². The van der Waals surface area contributed by atoms with Crippen molar-refractivity contribution < 1.29 is 48.3 Å². The van der Waals surface area contributed by atoms with Gasteiger partial charge in [0.25, 0.3) is 0 Å². The van der Waals surface area contributed by atoms with Gasteiger partial charge in [0, 0.05) is 50.7 Å². The van der Waals surface area contributed by atoms with Gasteiger partial charge in [-0.1, -0.05) is 86.2 Å². The molecule has 7 rings (SSSR count). The molecule has 0 bridgehead atoms. The average Bonchev–Trinajstić information content (AvgIpc) is 3.85. The first-order chi connectivity index (χ1) is 31.7. The number of carbonyl (C=O) groups is 2. The third kappa shape index (κ3) is 11.0. The molecule has 65 heavy (non-hydrogen) atoms. The normalized spacial score (nSPS) is 23.9. The van der Waals surface area contributed by atoms with Crippen LogP contribution in [0.4, 0.5) is 10.5 Å². The molecule has 13 nitrogen and oxygen atoms in total. The minimum atomic E-state index is -1.37. The number of likely N-dealkylation sites (N-methyl/N-ethyl adjacent to an activating group) is 1. The number of ether oxygens (including phenoxy) is 5. The second kappa shape index (κ2) is 22.7. The van der Waals surface area contributed by atoms with Gasteiger partial charge in [0.1, 0.15) is 35.6 Å². The highest BCUT2D eigenvalue weighted by molar-refractivity contribution is 6.03. The number of hydrogen-bond acceptors (Lipinski definition) is 11. The van der Waals surface area contributed by atoms with Crippen LogP contribution in [0.15, 0.2) is 96.2 Å². The number of oxime groups is 1. The summed E-state index contributed by atoms with van der Waals surface area (Å²) in [4.78, 5) is 36.1. The number of anilines is 1. The molecule has 2 saturated carbocycles. The summed E-state index contributed by atoms with van der Waals surface area (Å²) >= 11 is 0. The number of fused-ring (bicyclic) bond motifs is 2. The lowest BCUT2D eigenvalue weighted by atomic mass is 9.55. The summed E-state index contributed by atoms with van der Waals surface area (Å²) in [5.41, 5.74) is 3.89. The van der Waals surface area contributed by atoms with E-state index in [1.54, 1.807) is 37.5 Å². The number of benzene rings is 3. The van der Waals surface area contributed by atoms with E-state index in [1.165, 1.54) is 20.0 Å². The van der Waals surface area contributed by atoms with Crippen LogP contribution in [0.3, 0.4) is 0 Å². The van der Waals surface area contributed by atoms with Crippen molar-refractivity contribution in [2.75, 3.05) is 46.4 Å². The third-order valence-corrected chi connectivity index (χ3v) is 13.9. The third-order valence-electron chi connectivity index (χ3n) is 13.9. The maximum atomic E-state index is 14.5. The summed E-state index contributed by atoms with van der Waals surface area (Å²) in [6, 6.07) is 19.8. The molecule has 1 heterocycles. The van der Waals surface area contributed by atoms with E-state index in [2.05, 4.69) is 18.0 Å². The first-order valence-electron chi connectivity index (χ1n) is 23.4. The molecule has 6 atom stereocenters. The van der Waals surface area contributed by atoms with Crippen LogP contribution in [-0.2, 0) is 21.0 Å². The number of amides is 2. The van der Waals surface area contributed by atoms with E-state index in [4.69, 9.17) is 33.7 Å². The van der Waals surface area contributed by atoms with Crippen LogP contribution in [0.25, 0.3) is 0 Å². The molecule has 4 aliphatic rings. The van der Waals surface area contributed by atoms with E-state index in [-0.39, 0.29) is 50.1 Å². The summed E-state index contributed by atoms with van der Waals surface area (Å²) in [5, 5.41) is 27.7. The van der Waals surface area contributed by atoms with E-state index in [9.17, 15) is 19.8 Å². The predicted octanol–water partition coefficient (Wildman–Crippen LogP) is 9.58. The van der Waals surface area contributed by atoms with E-state index >= 15 is 0 Å². The zero-order valence-electron chi connectivity index (χ0n) is 38.3. The van der Waals surface area contributed by atoms with Crippen molar-refractivity contribution in [2.24, 2.45) is 28.8 Å². The van der Waals surface area contributed by atoms with E-state index in [1.807, 2.05) is 54.4 Å². The van der Waals surface area contributed by atoms with Gasteiger partial charge in [-0.15, -0.1) is 6.58 Å². The smallest absolute Gasteiger partial charge is 0.417 e. The predicted molar refractivity (Wildman–Crippen MR) is 249 cm³/mol. The Bertz CT molecular complexity index is 2140. The molecular weight excluding hydrogens is 827 g/mol. The number of rotatable bonds is 22. The lowest BCUT2D eigenvalue weighted by molar-refractivity contribution is -0.255. The van der Waals surface area contributed by atoms with Crippen LogP contribution in [0.5, 0.6) is 23.0 Å². The Morgan fingerprint density at radius 2 is 1.69 bits per heavy atom. The van der Waals surface area contributed by atoms with Crippen LogP contribution in [0.1, 0.15) is 101 Å². The van der Waals surface area contributed by atoms with Gasteiger partial charge in [0.2, 0.25) is 11.7 Å². The van der Waals surface area contributed by atoms with Gasteiger partial charge < -0.3 is 43.6 Å². The molecule has 0 aromatic heterocycles. The standard InChI is InChI=1S/C52H67N3O10/c1-5-29-62-52-47(55(2)48(58)26-21-35-15-9-10-16-35)33-44(54-63-34-36-17-7-6-8-18-36)41-30-37(19-11-13-27-56)40(20-12-14-28-57)49(50(41)52)42-31-39(23-25-45(42)65-52)64-51(59)53-43-24-22-38(60-3)32-46(43)61-4/h5-8,17-18,22-25,30-32,35,37,40,47,49-50,56-57H,1,9-16,19-21,26-29,33-34H2,2-4H3,(H,53,59). The zero-order chi connectivity index (χ0) is 45.8. The van der Waals surface area contributed by atoms with Gasteiger partial charge in [-0.2, -0.15) is 0 Å². The molecule has 3 N–H and O–H groups in total. The highest BCUT2D eigenvalue weighted by Crippen LogP contribution is 2.62. The van der Waals surface area contributed by atoms with Crippen molar-refractivity contribution in [3.63, 3.8) is 0 Å². The maximum absolute atomic E-state index is 14.5. The molecule has 0 spiro atoms. The Hall–Kier alpha value is -5.37. The fourth-order valence-electron chi connectivity index (χ4n) is 10.7. The summed E-state index contributed by atoms with van der Waals surface area (Å²) in [6.45, 7) is 4.62. The summed E-state index contributed by atoms with van der Waals surface area (Å²) in [5.74, 6) is 0.338. The average molecular weight is 894 g/mol. The number of aliphatic hydroxyl groups excluding tert-OH is 2. The minimum absolute atomic E-state index is 0.00426. The minimum Gasteiger partial charge on any atom is -0.497 e. The fraction of sp³-hybridized carbons (Fsp3) is 0.519. The van der Waals surface area contributed by atoms with Crippen molar-refractivity contribution in [3.8, 4) is 23.0 Å². The van der Waals surface area contributed by atoms with Gasteiger partial charge in [-0.3, -0.25) is 10.1 Å². The second-order valence-electron chi connectivity index (χ2n) is 17.8. The first kappa shape index (κ1) is 47.6. The first-order valence-corrected chi connectivity index (χ1v) is 23.4. The van der Waals surface area contributed by atoms with Crippen LogP contribution < -0.4 is 24.3 Å². The Morgan fingerprint density at radius 1 is 0.938 bits per heavy atom. The summed E-state index contributed by atoms with van der Waals surface area (Å²) < 4.78 is 31.2. The summed E-state index contributed by atoms with van der Waals surface area (Å²) in [6.07, 6.45) is 14.1. The second-order valence-corrected chi connectivity index (χ2v) is 17.8. The van der Waals surface area contributed by atoms with Crippen LogP contribution in [0, 0.1) is 23.7 Å². The van der Waals surface area contributed by atoms with Crippen LogP contribution in [0.2, 0.25) is 0 Å². The number of allylic oxidation sites excluding steroid dienone is 1. The number of unbranched alkanes of at least 4 members (excludes halogenated alkanes) is 2. The number of hydrogen-bond donors (Lipinski definition) is 3. The van der Waals surface area contributed by atoms with Crippen molar-refractivity contribution in [1.82, 2.24) is 4.90 Å². The lowest BCUT2D eigenvalue weighted by Gasteiger charge is -2.59. The number of aliphatic hydroxyl groups is 2. The summed E-state index contributed by atoms with van der Waals surface area (Å²) in [7, 11) is 4.93. The molecule has 3 aromatic rings. The highest BCUT2D eigenvalue weighted by Gasteiger charge is 2.65. The number of nitrogens with one attached hydrogen (secondary N) is 1. The number of carbonyl (C=O) groups excluding carboxylic acids is 2.